The third-order valence-electron chi connectivity index (χ3n) is 4.77. The minimum atomic E-state index is -0.776. The highest BCUT2D eigenvalue weighted by Crippen LogP contribution is 2.23. The zero-order valence-electron chi connectivity index (χ0n) is 14.2. The van der Waals surface area contributed by atoms with Crippen molar-refractivity contribution in [3.63, 3.8) is 0 Å². The first-order valence-electron chi connectivity index (χ1n) is 8.70. The van der Waals surface area contributed by atoms with E-state index in [4.69, 9.17) is 5.11 Å². The van der Waals surface area contributed by atoms with E-state index >= 15 is 0 Å². The standard InChI is InChI=1S/C19H26FNO3/c1-14(7-8-15-4-2-6-17(20)12-15)19(24)21-11-3-5-16(13-21)9-10-18(22)23/h2,4,6,12,14,16H,3,5,7-11,13H2,1H3,(H,22,23)/t14-,16+/m1/s1. The van der Waals surface area contributed by atoms with Crippen LogP contribution in [0.15, 0.2) is 24.3 Å². The highest BCUT2D eigenvalue weighted by Gasteiger charge is 2.26. The van der Waals surface area contributed by atoms with Crippen LogP contribution in [0.5, 0.6) is 0 Å². The number of carboxylic acids is 1. The predicted octanol–water partition coefficient (Wildman–Crippen LogP) is 3.50. The summed E-state index contributed by atoms with van der Waals surface area (Å²) in [5, 5.41) is 8.80. The van der Waals surface area contributed by atoms with Gasteiger partial charge in [-0.05, 0) is 55.7 Å². The first-order valence-corrected chi connectivity index (χ1v) is 8.70. The Hall–Kier alpha value is -1.91. The summed E-state index contributed by atoms with van der Waals surface area (Å²) < 4.78 is 13.2. The van der Waals surface area contributed by atoms with Crippen LogP contribution in [0, 0.1) is 17.7 Å². The average molecular weight is 335 g/mol. The summed E-state index contributed by atoms with van der Waals surface area (Å²) in [5.41, 5.74) is 0.910. The van der Waals surface area contributed by atoms with E-state index in [9.17, 15) is 14.0 Å². The molecule has 2 atom stereocenters. The van der Waals surface area contributed by atoms with Gasteiger partial charge in [0.05, 0.1) is 0 Å². The molecule has 1 aromatic rings. The molecule has 0 saturated carbocycles. The van der Waals surface area contributed by atoms with Crippen LogP contribution in [0.2, 0.25) is 0 Å². The molecule has 5 heteroatoms. The van der Waals surface area contributed by atoms with Crippen molar-refractivity contribution in [3.8, 4) is 0 Å². The Morgan fingerprint density at radius 3 is 2.92 bits per heavy atom. The molecular weight excluding hydrogens is 309 g/mol. The molecule has 0 aliphatic carbocycles. The Morgan fingerprint density at radius 1 is 1.42 bits per heavy atom. The minimum Gasteiger partial charge on any atom is -0.481 e. The van der Waals surface area contributed by atoms with Crippen LogP contribution >= 0.6 is 0 Å². The molecule has 24 heavy (non-hydrogen) atoms. The lowest BCUT2D eigenvalue weighted by Crippen LogP contribution is -2.42. The number of hydrogen-bond acceptors (Lipinski definition) is 2. The maximum Gasteiger partial charge on any atom is 0.303 e. The molecule has 1 aliphatic rings. The number of carboxylic acid groups (broad SMARTS) is 1. The second-order valence-electron chi connectivity index (χ2n) is 6.79. The molecule has 0 bridgehead atoms. The van der Waals surface area contributed by atoms with Gasteiger partial charge < -0.3 is 10.0 Å². The number of halogens is 1. The fraction of sp³-hybridized carbons (Fsp3) is 0.579. The maximum absolute atomic E-state index is 13.2. The molecule has 1 N–H and O–H groups in total. The Morgan fingerprint density at radius 2 is 2.21 bits per heavy atom. The zero-order valence-corrected chi connectivity index (χ0v) is 14.2. The molecule has 0 radical (unpaired) electrons. The number of carbonyl (C=O) groups is 2. The molecule has 1 heterocycles. The van der Waals surface area contributed by atoms with Crippen LogP contribution in [-0.2, 0) is 16.0 Å². The Bertz CT molecular complexity index is 575. The molecule has 1 aromatic carbocycles. The number of benzene rings is 1. The lowest BCUT2D eigenvalue weighted by Gasteiger charge is -2.34. The van der Waals surface area contributed by atoms with Gasteiger partial charge in [0.15, 0.2) is 0 Å². The van der Waals surface area contributed by atoms with E-state index in [0.717, 1.165) is 24.9 Å². The van der Waals surface area contributed by atoms with Crippen molar-refractivity contribution in [2.75, 3.05) is 13.1 Å². The van der Waals surface area contributed by atoms with Crippen molar-refractivity contribution in [1.29, 1.82) is 0 Å². The van der Waals surface area contributed by atoms with Crippen LogP contribution in [-0.4, -0.2) is 35.0 Å². The number of nitrogens with zero attached hydrogens (tertiary/aromatic N) is 1. The molecular formula is C19H26FNO3. The number of piperidine rings is 1. The van der Waals surface area contributed by atoms with Gasteiger partial charge >= 0.3 is 5.97 Å². The van der Waals surface area contributed by atoms with E-state index in [-0.39, 0.29) is 30.0 Å². The summed E-state index contributed by atoms with van der Waals surface area (Å²) in [4.78, 5) is 25.2. The van der Waals surface area contributed by atoms with Crippen molar-refractivity contribution in [2.45, 2.75) is 45.4 Å². The number of amides is 1. The fourth-order valence-electron chi connectivity index (χ4n) is 3.34. The Balaban J connectivity index is 1.82. The summed E-state index contributed by atoms with van der Waals surface area (Å²) in [5.74, 6) is -0.710. The van der Waals surface area contributed by atoms with E-state index in [1.165, 1.54) is 12.1 Å². The molecule has 1 aliphatic heterocycles. The quantitative estimate of drug-likeness (QED) is 0.830. The van der Waals surface area contributed by atoms with Gasteiger partial charge in [-0.3, -0.25) is 9.59 Å². The first kappa shape index (κ1) is 18.4. The SMILES string of the molecule is C[C@H](CCc1cccc(F)c1)C(=O)N1CCC[C@@H](CCC(=O)O)C1. The molecule has 132 valence electrons. The molecule has 0 unspecified atom stereocenters. The first-order chi connectivity index (χ1) is 11.5. The lowest BCUT2D eigenvalue weighted by molar-refractivity contribution is -0.138. The van der Waals surface area contributed by atoms with Crippen LogP contribution < -0.4 is 0 Å². The number of aliphatic carboxylic acids is 1. The molecule has 1 saturated heterocycles. The van der Waals surface area contributed by atoms with E-state index in [0.29, 0.717) is 25.8 Å². The Kier molecular flexibility index (Phi) is 6.76. The zero-order chi connectivity index (χ0) is 17.5. The van der Waals surface area contributed by atoms with Crippen LogP contribution in [0.1, 0.15) is 44.6 Å². The van der Waals surface area contributed by atoms with Gasteiger partial charge in [0.1, 0.15) is 5.82 Å². The van der Waals surface area contributed by atoms with Gasteiger partial charge in [0, 0.05) is 25.4 Å². The number of hydrogen-bond donors (Lipinski definition) is 1. The van der Waals surface area contributed by atoms with E-state index in [1.807, 2.05) is 17.9 Å². The van der Waals surface area contributed by atoms with Gasteiger partial charge in [0.2, 0.25) is 5.91 Å². The smallest absolute Gasteiger partial charge is 0.303 e. The normalized spacial score (nSPS) is 19.1. The maximum atomic E-state index is 13.2. The molecule has 2 rings (SSSR count). The third-order valence-corrected chi connectivity index (χ3v) is 4.77. The van der Waals surface area contributed by atoms with Crippen molar-refractivity contribution in [1.82, 2.24) is 4.90 Å². The number of likely N-dealkylation sites (tertiary alicyclic amines) is 1. The molecule has 1 amide bonds. The molecule has 0 aromatic heterocycles. The van der Waals surface area contributed by atoms with Gasteiger partial charge in [-0.1, -0.05) is 19.1 Å². The highest BCUT2D eigenvalue weighted by molar-refractivity contribution is 5.78. The fourth-order valence-corrected chi connectivity index (χ4v) is 3.34. The van der Waals surface area contributed by atoms with Crippen LogP contribution in [0.25, 0.3) is 0 Å². The molecule has 0 spiro atoms. The average Bonchev–Trinajstić information content (AvgIpc) is 2.57. The van der Waals surface area contributed by atoms with E-state index in [2.05, 4.69) is 0 Å². The predicted molar refractivity (Wildman–Crippen MR) is 90.1 cm³/mol. The summed E-state index contributed by atoms with van der Waals surface area (Å²) in [6.45, 7) is 3.34. The van der Waals surface area contributed by atoms with Crippen molar-refractivity contribution < 1.29 is 19.1 Å². The van der Waals surface area contributed by atoms with Crippen LogP contribution in [0.3, 0.4) is 0 Å². The Labute approximate surface area is 142 Å². The molecule has 1 fully saturated rings. The monoisotopic (exact) mass is 335 g/mol. The van der Waals surface area contributed by atoms with Crippen molar-refractivity contribution >= 4 is 11.9 Å². The number of rotatable bonds is 7. The lowest BCUT2D eigenvalue weighted by atomic mass is 9.92. The second-order valence-corrected chi connectivity index (χ2v) is 6.79. The largest absolute Gasteiger partial charge is 0.481 e. The van der Waals surface area contributed by atoms with E-state index < -0.39 is 5.97 Å². The van der Waals surface area contributed by atoms with Gasteiger partial charge in [-0.2, -0.15) is 0 Å². The van der Waals surface area contributed by atoms with Crippen molar-refractivity contribution in [2.24, 2.45) is 11.8 Å². The summed E-state index contributed by atoms with van der Waals surface area (Å²) in [6, 6.07) is 6.50. The van der Waals surface area contributed by atoms with Gasteiger partial charge in [-0.15, -0.1) is 0 Å². The topological polar surface area (TPSA) is 57.6 Å². The number of aryl methyl sites for hydroxylation is 1. The van der Waals surface area contributed by atoms with E-state index in [1.54, 1.807) is 6.07 Å². The summed E-state index contributed by atoms with van der Waals surface area (Å²) in [7, 11) is 0. The van der Waals surface area contributed by atoms with Gasteiger partial charge in [0.25, 0.3) is 0 Å². The van der Waals surface area contributed by atoms with Gasteiger partial charge in [-0.25, -0.2) is 4.39 Å². The second kappa shape index (κ2) is 8.81. The van der Waals surface area contributed by atoms with Crippen molar-refractivity contribution in [3.05, 3.63) is 35.6 Å². The third kappa shape index (κ3) is 5.62. The minimum absolute atomic E-state index is 0.105. The highest BCUT2D eigenvalue weighted by atomic mass is 19.1. The van der Waals surface area contributed by atoms with Crippen LogP contribution in [0.4, 0.5) is 4.39 Å². The molecule has 4 nitrogen and oxygen atoms in total. The number of carbonyl (C=O) groups excluding carboxylic acids is 1. The summed E-state index contributed by atoms with van der Waals surface area (Å²) in [6.07, 6.45) is 4.11. The summed E-state index contributed by atoms with van der Waals surface area (Å²) >= 11 is 0.